The number of carbonyl (C=O) groups is 1. The van der Waals surface area contributed by atoms with E-state index in [9.17, 15) is 13.2 Å². The molecule has 1 unspecified atom stereocenters. The fourth-order valence-electron chi connectivity index (χ4n) is 3.54. The molecule has 8 heteroatoms. The molecule has 3 rings (SSSR count). The molecule has 30 heavy (non-hydrogen) atoms. The van der Waals surface area contributed by atoms with Crippen LogP contribution in [-0.4, -0.2) is 65.2 Å². The van der Waals surface area contributed by atoms with Gasteiger partial charge < -0.3 is 9.64 Å². The van der Waals surface area contributed by atoms with Gasteiger partial charge in [-0.15, -0.1) is 0 Å². The average molecular weight is 432 g/mol. The molecule has 162 valence electrons. The zero-order chi connectivity index (χ0) is 21.6. The van der Waals surface area contributed by atoms with E-state index in [-0.39, 0.29) is 16.5 Å². The Morgan fingerprint density at radius 1 is 1.07 bits per heavy atom. The van der Waals surface area contributed by atoms with Gasteiger partial charge >= 0.3 is 5.97 Å². The van der Waals surface area contributed by atoms with E-state index < -0.39 is 16.0 Å². The Kier molecular flexibility index (Phi) is 7.47. The van der Waals surface area contributed by atoms with Crippen molar-refractivity contribution in [2.24, 2.45) is 0 Å². The first kappa shape index (κ1) is 22.3. The van der Waals surface area contributed by atoms with Gasteiger partial charge in [-0.25, -0.2) is 17.9 Å². The van der Waals surface area contributed by atoms with Crippen molar-refractivity contribution in [3.63, 3.8) is 0 Å². The number of hydrogen-bond donors (Lipinski definition) is 1. The van der Waals surface area contributed by atoms with Gasteiger partial charge in [0.2, 0.25) is 10.0 Å². The number of esters is 1. The number of benzene rings is 2. The molecule has 2 aromatic carbocycles. The molecule has 1 saturated heterocycles. The van der Waals surface area contributed by atoms with Crippen molar-refractivity contribution in [1.82, 2.24) is 9.62 Å². The van der Waals surface area contributed by atoms with E-state index in [4.69, 9.17) is 0 Å². The topological polar surface area (TPSA) is 78.9 Å². The second kappa shape index (κ2) is 10.1. The first-order valence-electron chi connectivity index (χ1n) is 10.1. The summed E-state index contributed by atoms with van der Waals surface area (Å²) in [5, 5.41) is 0. The highest BCUT2D eigenvalue weighted by molar-refractivity contribution is 7.89. The lowest BCUT2D eigenvalue weighted by molar-refractivity contribution is 0.0600. The molecule has 1 heterocycles. The Balaban J connectivity index is 1.49. The summed E-state index contributed by atoms with van der Waals surface area (Å²) in [6.07, 6.45) is 0.710. The molecule has 0 saturated carbocycles. The van der Waals surface area contributed by atoms with Crippen LogP contribution in [0.3, 0.4) is 0 Å². The van der Waals surface area contributed by atoms with Gasteiger partial charge in [-0.05, 0) is 50.2 Å². The highest BCUT2D eigenvalue weighted by atomic mass is 32.2. The second-order valence-corrected chi connectivity index (χ2v) is 9.21. The van der Waals surface area contributed by atoms with Crippen LogP contribution in [0.2, 0.25) is 0 Å². The fraction of sp³-hybridized carbons (Fsp3) is 0.409. The van der Waals surface area contributed by atoms with Crippen molar-refractivity contribution < 1.29 is 17.9 Å². The Morgan fingerprint density at radius 2 is 1.77 bits per heavy atom. The number of carbonyl (C=O) groups excluding carboxylic acids is 1. The van der Waals surface area contributed by atoms with Gasteiger partial charge in [0.1, 0.15) is 0 Å². The standard InChI is InChI=1S/C22H29N3O4S/c1-18(23-30(27,28)21-10-6-7-19(17-21)22(26)29-2)11-12-24-13-15-25(16-14-24)20-8-4-3-5-9-20/h3-10,17-18,23H,11-16H2,1-2H3. The second-order valence-electron chi connectivity index (χ2n) is 7.49. The molecule has 2 aromatic rings. The molecule has 1 N–H and O–H groups in total. The van der Waals surface area contributed by atoms with Crippen molar-refractivity contribution in [3.8, 4) is 0 Å². The minimum absolute atomic E-state index is 0.0636. The number of hydrogen-bond acceptors (Lipinski definition) is 6. The zero-order valence-electron chi connectivity index (χ0n) is 17.5. The zero-order valence-corrected chi connectivity index (χ0v) is 18.3. The van der Waals surface area contributed by atoms with E-state index in [2.05, 4.69) is 43.5 Å². The predicted molar refractivity (Wildman–Crippen MR) is 117 cm³/mol. The first-order chi connectivity index (χ1) is 14.4. The largest absolute Gasteiger partial charge is 0.465 e. The van der Waals surface area contributed by atoms with Crippen LogP contribution in [0.15, 0.2) is 59.5 Å². The maximum Gasteiger partial charge on any atom is 0.337 e. The summed E-state index contributed by atoms with van der Waals surface area (Å²) in [5.74, 6) is -0.560. The molecular formula is C22H29N3O4S. The normalized spacial score (nSPS) is 16.3. The molecule has 1 aliphatic rings. The number of anilines is 1. The fourth-order valence-corrected chi connectivity index (χ4v) is 4.87. The number of sulfonamides is 1. The minimum atomic E-state index is -3.71. The van der Waals surface area contributed by atoms with Crippen LogP contribution in [0.5, 0.6) is 0 Å². The van der Waals surface area contributed by atoms with Gasteiger partial charge in [0.25, 0.3) is 0 Å². The van der Waals surface area contributed by atoms with Gasteiger partial charge in [0.05, 0.1) is 17.6 Å². The van der Waals surface area contributed by atoms with Crippen LogP contribution < -0.4 is 9.62 Å². The number of methoxy groups -OCH3 is 1. The molecule has 0 aliphatic carbocycles. The van der Waals surface area contributed by atoms with Crippen LogP contribution in [0.25, 0.3) is 0 Å². The summed E-state index contributed by atoms with van der Waals surface area (Å²) >= 11 is 0. The number of rotatable bonds is 8. The number of nitrogens with zero attached hydrogens (tertiary/aromatic N) is 2. The van der Waals surface area contributed by atoms with Gasteiger partial charge in [-0.2, -0.15) is 0 Å². The van der Waals surface area contributed by atoms with E-state index in [1.807, 2.05) is 13.0 Å². The third-order valence-electron chi connectivity index (χ3n) is 5.29. The molecule has 1 fully saturated rings. The first-order valence-corrected chi connectivity index (χ1v) is 11.6. The van der Waals surface area contributed by atoms with Crippen molar-refractivity contribution in [3.05, 3.63) is 60.2 Å². The van der Waals surface area contributed by atoms with Crippen LogP contribution in [0.4, 0.5) is 5.69 Å². The summed E-state index contributed by atoms with van der Waals surface area (Å²) in [6.45, 7) is 6.52. The Bertz CT molecular complexity index is 942. The summed E-state index contributed by atoms with van der Waals surface area (Å²) in [5.41, 5.74) is 1.46. The minimum Gasteiger partial charge on any atom is -0.465 e. The maximum absolute atomic E-state index is 12.7. The SMILES string of the molecule is COC(=O)c1cccc(S(=O)(=O)NC(C)CCN2CCN(c3ccccc3)CC2)c1. The van der Waals surface area contributed by atoms with Crippen LogP contribution in [-0.2, 0) is 14.8 Å². The van der Waals surface area contributed by atoms with Crippen molar-refractivity contribution in [2.45, 2.75) is 24.3 Å². The van der Waals surface area contributed by atoms with Gasteiger partial charge in [-0.3, -0.25) is 4.90 Å². The molecule has 0 bridgehead atoms. The van der Waals surface area contributed by atoms with E-state index in [1.165, 1.54) is 37.1 Å². The maximum atomic E-state index is 12.7. The molecule has 0 radical (unpaired) electrons. The number of para-hydroxylation sites is 1. The molecule has 1 aliphatic heterocycles. The van der Waals surface area contributed by atoms with Crippen LogP contribution in [0, 0.1) is 0 Å². The molecule has 0 aromatic heterocycles. The lowest BCUT2D eigenvalue weighted by atomic mass is 10.2. The molecule has 1 atom stereocenters. The lowest BCUT2D eigenvalue weighted by Gasteiger charge is -2.36. The van der Waals surface area contributed by atoms with Gasteiger partial charge in [-0.1, -0.05) is 24.3 Å². The van der Waals surface area contributed by atoms with Crippen molar-refractivity contribution in [1.29, 1.82) is 0 Å². The summed E-state index contributed by atoms with van der Waals surface area (Å²) in [7, 11) is -2.44. The van der Waals surface area contributed by atoms with Crippen LogP contribution in [0.1, 0.15) is 23.7 Å². The summed E-state index contributed by atoms with van der Waals surface area (Å²) < 4.78 is 32.7. The highest BCUT2D eigenvalue weighted by Crippen LogP contribution is 2.16. The van der Waals surface area contributed by atoms with E-state index in [0.29, 0.717) is 6.42 Å². The third-order valence-corrected chi connectivity index (χ3v) is 6.88. The highest BCUT2D eigenvalue weighted by Gasteiger charge is 2.21. The quantitative estimate of drug-likeness (QED) is 0.647. The smallest absolute Gasteiger partial charge is 0.337 e. The molecule has 0 amide bonds. The Morgan fingerprint density at radius 3 is 2.43 bits per heavy atom. The summed E-state index contributed by atoms with van der Waals surface area (Å²) in [6, 6.07) is 16.0. The number of ether oxygens (including phenoxy) is 1. The van der Waals surface area contributed by atoms with E-state index in [0.717, 1.165) is 32.7 Å². The molecule has 0 spiro atoms. The Hall–Kier alpha value is -2.42. The molecule has 7 nitrogen and oxygen atoms in total. The average Bonchev–Trinajstić information content (AvgIpc) is 2.78. The number of piperazine rings is 1. The Labute approximate surface area is 178 Å². The molecular weight excluding hydrogens is 402 g/mol. The van der Waals surface area contributed by atoms with Gasteiger partial charge in [0, 0.05) is 37.9 Å². The van der Waals surface area contributed by atoms with Gasteiger partial charge in [0.15, 0.2) is 0 Å². The lowest BCUT2D eigenvalue weighted by Crippen LogP contribution is -2.47. The van der Waals surface area contributed by atoms with E-state index >= 15 is 0 Å². The van der Waals surface area contributed by atoms with Crippen molar-refractivity contribution >= 4 is 21.7 Å². The van der Waals surface area contributed by atoms with E-state index in [1.54, 1.807) is 0 Å². The third kappa shape index (κ3) is 5.81. The summed E-state index contributed by atoms with van der Waals surface area (Å²) in [4.78, 5) is 16.5. The monoisotopic (exact) mass is 431 g/mol. The predicted octanol–water partition coefficient (Wildman–Crippen LogP) is 2.35. The van der Waals surface area contributed by atoms with Crippen molar-refractivity contribution in [2.75, 3.05) is 44.7 Å². The van der Waals surface area contributed by atoms with Crippen LogP contribution >= 0.6 is 0 Å². The number of nitrogens with one attached hydrogen (secondary N) is 1.